The van der Waals surface area contributed by atoms with Gasteiger partial charge < -0.3 is 24.8 Å². The van der Waals surface area contributed by atoms with E-state index in [0.29, 0.717) is 11.3 Å². The Morgan fingerprint density at radius 3 is 2.60 bits per heavy atom. The lowest BCUT2D eigenvalue weighted by Gasteiger charge is -2.12. The van der Waals surface area contributed by atoms with Crippen LogP contribution in [0.4, 0.5) is 0 Å². The van der Waals surface area contributed by atoms with Crippen molar-refractivity contribution >= 4 is 6.08 Å². The fourth-order valence-electron chi connectivity index (χ4n) is 2.34. The normalized spacial score (nSPS) is 30.1. The summed E-state index contributed by atoms with van der Waals surface area (Å²) in [6.07, 6.45) is 0.662. The summed E-state index contributed by atoms with van der Waals surface area (Å²) in [5, 5.41) is 28.9. The van der Waals surface area contributed by atoms with Gasteiger partial charge in [0.2, 0.25) is 0 Å². The summed E-state index contributed by atoms with van der Waals surface area (Å²) in [5.74, 6) is 0.607. The van der Waals surface area contributed by atoms with Crippen LogP contribution >= 0.6 is 0 Å². The van der Waals surface area contributed by atoms with Gasteiger partial charge in [-0.1, -0.05) is 24.3 Å². The molecule has 0 radical (unpaired) electrons. The maximum atomic E-state index is 9.83. The molecular formula is C15H20O5. The van der Waals surface area contributed by atoms with Crippen molar-refractivity contribution in [1.29, 1.82) is 0 Å². The average molecular weight is 280 g/mol. The van der Waals surface area contributed by atoms with Gasteiger partial charge in [-0.05, 0) is 18.6 Å². The third kappa shape index (κ3) is 2.86. The van der Waals surface area contributed by atoms with E-state index < -0.39 is 24.4 Å². The van der Waals surface area contributed by atoms with Gasteiger partial charge in [0.05, 0.1) is 19.8 Å². The van der Waals surface area contributed by atoms with Gasteiger partial charge in [0.1, 0.15) is 24.1 Å². The second kappa shape index (κ2) is 6.37. The lowest BCUT2D eigenvalue weighted by atomic mass is 10.0. The molecule has 5 nitrogen and oxygen atoms in total. The van der Waals surface area contributed by atoms with E-state index in [0.717, 1.165) is 5.56 Å². The van der Waals surface area contributed by atoms with Crippen molar-refractivity contribution in [3.05, 3.63) is 35.4 Å². The maximum absolute atomic E-state index is 9.83. The molecule has 5 heteroatoms. The molecule has 0 bridgehead atoms. The Morgan fingerprint density at radius 2 is 2.05 bits per heavy atom. The Hall–Kier alpha value is -1.40. The third-order valence-corrected chi connectivity index (χ3v) is 3.55. The molecule has 1 aromatic carbocycles. The van der Waals surface area contributed by atoms with Crippen LogP contribution in [0.2, 0.25) is 0 Å². The van der Waals surface area contributed by atoms with Gasteiger partial charge >= 0.3 is 0 Å². The highest BCUT2D eigenvalue weighted by atomic mass is 16.5. The summed E-state index contributed by atoms with van der Waals surface area (Å²) in [4.78, 5) is 0. The van der Waals surface area contributed by atoms with Gasteiger partial charge in [0, 0.05) is 5.56 Å². The van der Waals surface area contributed by atoms with E-state index in [2.05, 4.69) is 0 Å². The lowest BCUT2D eigenvalue weighted by molar-refractivity contribution is 0.0316. The van der Waals surface area contributed by atoms with Gasteiger partial charge in [0.25, 0.3) is 0 Å². The zero-order valence-corrected chi connectivity index (χ0v) is 11.6. The van der Waals surface area contributed by atoms with Crippen LogP contribution in [0, 0.1) is 0 Å². The number of hydrogen-bond donors (Lipinski definition) is 3. The molecular weight excluding hydrogens is 260 g/mol. The third-order valence-electron chi connectivity index (χ3n) is 3.55. The molecule has 1 fully saturated rings. The van der Waals surface area contributed by atoms with Crippen molar-refractivity contribution in [3.8, 4) is 5.75 Å². The molecule has 1 aromatic rings. The van der Waals surface area contributed by atoms with Crippen LogP contribution in [0.15, 0.2) is 24.3 Å². The minimum absolute atomic E-state index is 0.142. The Kier molecular flexibility index (Phi) is 4.77. The number of rotatable bonds is 4. The first-order chi connectivity index (χ1) is 9.58. The molecule has 1 aliphatic heterocycles. The number of hydrogen-bond acceptors (Lipinski definition) is 5. The number of aliphatic hydroxyl groups is 3. The summed E-state index contributed by atoms with van der Waals surface area (Å²) in [7, 11) is 1.55. The summed E-state index contributed by atoms with van der Waals surface area (Å²) >= 11 is 0. The molecule has 0 spiro atoms. The largest absolute Gasteiger partial charge is 0.496 e. The van der Waals surface area contributed by atoms with E-state index in [-0.39, 0.29) is 6.61 Å². The molecule has 3 N–H and O–H groups in total. The van der Waals surface area contributed by atoms with Gasteiger partial charge in [-0.15, -0.1) is 0 Å². The molecule has 0 saturated carbocycles. The van der Waals surface area contributed by atoms with Crippen LogP contribution in [-0.4, -0.2) is 46.8 Å². The fraction of sp³-hybridized carbons (Fsp3) is 0.467. The molecule has 20 heavy (non-hydrogen) atoms. The van der Waals surface area contributed by atoms with Crippen LogP contribution in [0.3, 0.4) is 0 Å². The minimum atomic E-state index is -0.940. The molecule has 2 rings (SSSR count). The molecule has 0 aliphatic carbocycles. The number of ether oxygens (including phenoxy) is 2. The molecule has 1 saturated heterocycles. The Bertz CT molecular complexity index is 485. The monoisotopic (exact) mass is 280 g/mol. The molecule has 1 aliphatic rings. The van der Waals surface area contributed by atoms with Crippen LogP contribution in [-0.2, 0) is 11.3 Å². The Labute approximate surface area is 118 Å². The predicted molar refractivity (Wildman–Crippen MR) is 74.3 cm³/mol. The highest BCUT2D eigenvalue weighted by molar-refractivity contribution is 5.58. The Balaban J connectivity index is 2.20. The van der Waals surface area contributed by atoms with Crippen LogP contribution in [0.5, 0.6) is 5.75 Å². The van der Waals surface area contributed by atoms with Crippen molar-refractivity contribution in [2.75, 3.05) is 7.11 Å². The molecule has 110 valence electrons. The summed E-state index contributed by atoms with van der Waals surface area (Å²) in [6, 6.07) is 5.43. The molecule has 0 unspecified atom stereocenters. The highest BCUT2D eigenvalue weighted by Gasteiger charge is 2.38. The average Bonchev–Trinajstić information content (AvgIpc) is 2.71. The van der Waals surface area contributed by atoms with Gasteiger partial charge in [-0.2, -0.15) is 0 Å². The zero-order chi connectivity index (χ0) is 14.7. The van der Waals surface area contributed by atoms with Crippen molar-refractivity contribution in [2.24, 2.45) is 0 Å². The quantitative estimate of drug-likeness (QED) is 0.757. The second-order valence-electron chi connectivity index (χ2n) is 4.83. The first-order valence-corrected chi connectivity index (χ1v) is 6.55. The first kappa shape index (κ1) is 15.0. The van der Waals surface area contributed by atoms with E-state index in [4.69, 9.17) is 9.47 Å². The highest BCUT2D eigenvalue weighted by Crippen LogP contribution is 2.26. The van der Waals surface area contributed by atoms with Crippen LogP contribution in [0.25, 0.3) is 6.08 Å². The van der Waals surface area contributed by atoms with Gasteiger partial charge in [0.15, 0.2) is 0 Å². The first-order valence-electron chi connectivity index (χ1n) is 6.55. The van der Waals surface area contributed by atoms with E-state index >= 15 is 0 Å². The predicted octanol–water partition coefficient (Wildman–Crippen LogP) is 0.710. The van der Waals surface area contributed by atoms with Crippen molar-refractivity contribution in [2.45, 2.75) is 37.9 Å². The topological polar surface area (TPSA) is 79.2 Å². The van der Waals surface area contributed by atoms with Crippen LogP contribution < -0.4 is 4.74 Å². The smallest absolute Gasteiger partial charge is 0.124 e. The molecule has 1 heterocycles. The van der Waals surface area contributed by atoms with Gasteiger partial charge in [-0.3, -0.25) is 0 Å². The van der Waals surface area contributed by atoms with Crippen molar-refractivity contribution in [1.82, 2.24) is 0 Å². The lowest BCUT2D eigenvalue weighted by Crippen LogP contribution is -2.30. The number of methoxy groups -OCH3 is 1. The minimum Gasteiger partial charge on any atom is -0.496 e. The van der Waals surface area contributed by atoms with Crippen LogP contribution in [0.1, 0.15) is 18.1 Å². The fourth-order valence-corrected chi connectivity index (χ4v) is 2.34. The summed E-state index contributed by atoms with van der Waals surface area (Å²) in [5.41, 5.74) is 1.46. The SMILES string of the molecule is COc1cccc(/C=C/[C@H]2O[C@H](C)[C@H](O)[C@@H]2O)c1CO. The standard InChI is InChI=1S/C15H20O5/c1-9-14(17)15(18)13(20-9)7-6-10-4-3-5-12(19-2)11(10)8-16/h3-7,9,13-18H,8H2,1-2H3/b7-6+/t9-,13-,14+,15-/m1/s1. The van der Waals surface area contributed by atoms with E-state index in [1.165, 1.54) is 0 Å². The van der Waals surface area contributed by atoms with Crippen molar-refractivity contribution < 1.29 is 24.8 Å². The van der Waals surface area contributed by atoms with Crippen molar-refractivity contribution in [3.63, 3.8) is 0 Å². The molecule has 0 aromatic heterocycles. The number of benzene rings is 1. The number of aliphatic hydroxyl groups excluding tert-OH is 3. The second-order valence-corrected chi connectivity index (χ2v) is 4.83. The van der Waals surface area contributed by atoms with Gasteiger partial charge in [-0.25, -0.2) is 0 Å². The summed E-state index contributed by atoms with van der Waals surface area (Å²) < 4.78 is 10.6. The van der Waals surface area contributed by atoms with E-state index in [9.17, 15) is 15.3 Å². The maximum Gasteiger partial charge on any atom is 0.124 e. The molecule has 0 amide bonds. The Morgan fingerprint density at radius 1 is 1.30 bits per heavy atom. The summed E-state index contributed by atoms with van der Waals surface area (Å²) in [6.45, 7) is 1.57. The zero-order valence-electron chi connectivity index (χ0n) is 11.6. The molecule has 4 atom stereocenters. The van der Waals surface area contributed by atoms with E-state index in [1.807, 2.05) is 12.1 Å². The van der Waals surface area contributed by atoms with E-state index in [1.54, 1.807) is 32.3 Å².